The number of rotatable bonds is 5. The SMILES string of the molecule is CNC(=O)c1cncc(/C=C\C(=O)N(C)Cc2nc3ccccc3[nH]2)c1. The first-order valence-corrected chi connectivity index (χ1v) is 8.11. The zero-order valence-electron chi connectivity index (χ0n) is 14.6. The molecule has 0 unspecified atom stereocenters. The third kappa shape index (κ3) is 3.94. The van der Waals surface area contributed by atoms with Crippen LogP contribution in [0.4, 0.5) is 0 Å². The number of carbonyl (C=O) groups is 2. The maximum absolute atomic E-state index is 12.3. The number of imidazole rings is 1. The first-order valence-electron chi connectivity index (χ1n) is 8.11. The van der Waals surface area contributed by atoms with Crippen molar-refractivity contribution in [3.05, 3.63) is 65.8 Å². The van der Waals surface area contributed by atoms with Gasteiger partial charge >= 0.3 is 0 Å². The molecule has 0 spiro atoms. The Morgan fingerprint density at radius 1 is 1.27 bits per heavy atom. The van der Waals surface area contributed by atoms with E-state index >= 15 is 0 Å². The van der Waals surface area contributed by atoms with E-state index in [-0.39, 0.29) is 11.8 Å². The van der Waals surface area contributed by atoms with E-state index in [1.165, 1.54) is 12.3 Å². The molecule has 2 heterocycles. The van der Waals surface area contributed by atoms with Crippen LogP contribution in [0, 0.1) is 0 Å². The Bertz CT molecular complexity index is 944. The second-order valence-electron chi connectivity index (χ2n) is 5.81. The Morgan fingerprint density at radius 3 is 2.85 bits per heavy atom. The van der Waals surface area contributed by atoms with Gasteiger partial charge in [-0.05, 0) is 29.8 Å². The third-order valence-corrected chi connectivity index (χ3v) is 3.87. The minimum absolute atomic E-state index is 0.171. The first kappa shape index (κ1) is 17.3. The van der Waals surface area contributed by atoms with Crippen molar-refractivity contribution >= 4 is 28.9 Å². The highest BCUT2D eigenvalue weighted by atomic mass is 16.2. The minimum Gasteiger partial charge on any atom is -0.355 e. The summed E-state index contributed by atoms with van der Waals surface area (Å²) in [5.41, 5.74) is 2.93. The normalized spacial score (nSPS) is 11.0. The summed E-state index contributed by atoms with van der Waals surface area (Å²) in [6.07, 6.45) is 6.16. The smallest absolute Gasteiger partial charge is 0.252 e. The van der Waals surface area contributed by atoms with Crippen LogP contribution in [0.5, 0.6) is 0 Å². The number of hydrogen-bond donors (Lipinski definition) is 2. The molecule has 0 saturated carbocycles. The van der Waals surface area contributed by atoms with Crippen LogP contribution < -0.4 is 5.32 Å². The van der Waals surface area contributed by atoms with Gasteiger partial charge in [0.15, 0.2) is 0 Å². The number of hydrogen-bond acceptors (Lipinski definition) is 4. The van der Waals surface area contributed by atoms with Crippen molar-refractivity contribution in [2.75, 3.05) is 14.1 Å². The van der Waals surface area contributed by atoms with E-state index < -0.39 is 0 Å². The van der Waals surface area contributed by atoms with Crippen LogP contribution in [0.25, 0.3) is 17.1 Å². The number of likely N-dealkylation sites (N-methyl/N-ethyl adjacent to an activating group) is 1. The molecule has 0 bridgehead atoms. The number of carbonyl (C=O) groups excluding carboxylic acids is 2. The summed E-state index contributed by atoms with van der Waals surface area (Å²) in [5.74, 6) is 0.329. The van der Waals surface area contributed by atoms with E-state index in [1.807, 2.05) is 24.3 Å². The molecule has 132 valence electrons. The van der Waals surface area contributed by atoms with Gasteiger partial charge in [-0.2, -0.15) is 0 Å². The van der Waals surface area contributed by atoms with Crippen molar-refractivity contribution in [3.63, 3.8) is 0 Å². The third-order valence-electron chi connectivity index (χ3n) is 3.87. The topological polar surface area (TPSA) is 91.0 Å². The molecule has 0 atom stereocenters. The molecule has 26 heavy (non-hydrogen) atoms. The van der Waals surface area contributed by atoms with Gasteiger partial charge in [0.25, 0.3) is 5.91 Å². The van der Waals surface area contributed by atoms with Crippen molar-refractivity contribution in [3.8, 4) is 0 Å². The van der Waals surface area contributed by atoms with Crippen LogP contribution in [-0.2, 0) is 11.3 Å². The second kappa shape index (κ2) is 7.60. The van der Waals surface area contributed by atoms with Crippen LogP contribution in [0.1, 0.15) is 21.7 Å². The lowest BCUT2D eigenvalue weighted by molar-refractivity contribution is -0.125. The molecule has 0 aliphatic carbocycles. The number of nitrogens with zero attached hydrogens (tertiary/aromatic N) is 3. The molecule has 0 aliphatic heterocycles. The van der Waals surface area contributed by atoms with Crippen molar-refractivity contribution < 1.29 is 9.59 Å². The average molecular weight is 349 g/mol. The van der Waals surface area contributed by atoms with Crippen molar-refractivity contribution in [2.45, 2.75) is 6.54 Å². The number of nitrogens with one attached hydrogen (secondary N) is 2. The Balaban J connectivity index is 1.67. The molecular weight excluding hydrogens is 330 g/mol. The highest BCUT2D eigenvalue weighted by molar-refractivity contribution is 5.95. The Hall–Kier alpha value is -3.48. The van der Waals surface area contributed by atoms with Gasteiger partial charge in [-0.15, -0.1) is 0 Å². The number of pyridine rings is 1. The summed E-state index contributed by atoms with van der Waals surface area (Å²) >= 11 is 0. The number of aromatic nitrogens is 3. The summed E-state index contributed by atoms with van der Waals surface area (Å²) in [7, 11) is 3.26. The standard InChI is InChI=1S/C19H19N5O2/c1-20-19(26)14-9-13(10-21-11-14)7-8-18(25)24(2)12-17-22-15-5-3-4-6-16(15)23-17/h3-11H,12H2,1-2H3,(H,20,26)(H,22,23)/b8-7-. The fourth-order valence-corrected chi connectivity index (χ4v) is 2.50. The highest BCUT2D eigenvalue weighted by Gasteiger charge is 2.09. The summed E-state index contributed by atoms with van der Waals surface area (Å²) in [6.45, 7) is 0.369. The molecule has 0 aliphatic rings. The molecule has 0 saturated heterocycles. The summed E-state index contributed by atoms with van der Waals surface area (Å²) in [4.78, 5) is 37.2. The van der Waals surface area contributed by atoms with Gasteiger partial charge in [-0.1, -0.05) is 12.1 Å². The molecule has 2 amide bonds. The first-order chi connectivity index (χ1) is 12.6. The van der Waals surface area contributed by atoms with Gasteiger partial charge in [-0.3, -0.25) is 14.6 Å². The Labute approximate surface area is 150 Å². The van der Waals surface area contributed by atoms with E-state index in [9.17, 15) is 9.59 Å². The number of amides is 2. The van der Waals surface area contributed by atoms with E-state index in [0.717, 1.165) is 16.9 Å². The number of H-pyrrole nitrogens is 1. The molecule has 0 radical (unpaired) electrons. The number of benzene rings is 1. The van der Waals surface area contributed by atoms with Gasteiger partial charge in [0.05, 0.1) is 23.1 Å². The second-order valence-corrected chi connectivity index (χ2v) is 5.81. The maximum atomic E-state index is 12.3. The van der Waals surface area contributed by atoms with Crippen LogP contribution in [-0.4, -0.2) is 45.8 Å². The van der Waals surface area contributed by atoms with E-state index in [0.29, 0.717) is 17.7 Å². The molecular formula is C19H19N5O2. The quantitative estimate of drug-likeness (QED) is 0.689. The summed E-state index contributed by atoms with van der Waals surface area (Å²) in [5, 5.41) is 2.54. The molecule has 0 fully saturated rings. The molecule has 2 aromatic heterocycles. The Morgan fingerprint density at radius 2 is 2.08 bits per heavy atom. The fourth-order valence-electron chi connectivity index (χ4n) is 2.50. The molecule has 1 aromatic carbocycles. The van der Waals surface area contributed by atoms with E-state index in [2.05, 4.69) is 20.3 Å². The lowest BCUT2D eigenvalue weighted by atomic mass is 10.2. The van der Waals surface area contributed by atoms with Gasteiger partial charge in [0.2, 0.25) is 5.91 Å². The lowest BCUT2D eigenvalue weighted by Gasteiger charge is -2.13. The average Bonchev–Trinajstić information content (AvgIpc) is 3.07. The van der Waals surface area contributed by atoms with Crippen LogP contribution in [0.15, 0.2) is 48.8 Å². The van der Waals surface area contributed by atoms with Crippen molar-refractivity contribution in [2.24, 2.45) is 0 Å². The van der Waals surface area contributed by atoms with Crippen LogP contribution in [0.3, 0.4) is 0 Å². The lowest BCUT2D eigenvalue weighted by Crippen LogP contribution is -2.24. The van der Waals surface area contributed by atoms with Gasteiger partial charge < -0.3 is 15.2 Å². The van der Waals surface area contributed by atoms with Gasteiger partial charge in [0, 0.05) is 32.6 Å². The zero-order chi connectivity index (χ0) is 18.5. The van der Waals surface area contributed by atoms with Crippen LogP contribution >= 0.6 is 0 Å². The maximum Gasteiger partial charge on any atom is 0.252 e. The number of fused-ring (bicyclic) bond motifs is 1. The van der Waals surface area contributed by atoms with Crippen molar-refractivity contribution in [1.82, 2.24) is 25.2 Å². The fraction of sp³-hybridized carbons (Fsp3) is 0.158. The summed E-state index contributed by atoms with van der Waals surface area (Å²) in [6, 6.07) is 9.40. The predicted molar refractivity (Wildman–Crippen MR) is 99.2 cm³/mol. The van der Waals surface area contributed by atoms with Crippen LogP contribution in [0.2, 0.25) is 0 Å². The van der Waals surface area contributed by atoms with E-state index in [4.69, 9.17) is 0 Å². The van der Waals surface area contributed by atoms with E-state index in [1.54, 1.807) is 37.3 Å². The summed E-state index contributed by atoms with van der Waals surface area (Å²) < 4.78 is 0. The van der Waals surface area contributed by atoms with Gasteiger partial charge in [-0.25, -0.2) is 4.98 Å². The predicted octanol–water partition coefficient (Wildman–Crippen LogP) is 1.99. The number of para-hydroxylation sites is 2. The zero-order valence-corrected chi connectivity index (χ0v) is 14.6. The highest BCUT2D eigenvalue weighted by Crippen LogP contribution is 2.12. The molecule has 7 nitrogen and oxygen atoms in total. The molecule has 3 rings (SSSR count). The monoisotopic (exact) mass is 349 g/mol. The minimum atomic E-state index is -0.221. The largest absolute Gasteiger partial charge is 0.355 e. The molecule has 7 heteroatoms. The Kier molecular flexibility index (Phi) is 5.07. The molecule has 3 aromatic rings. The number of aromatic amines is 1. The van der Waals surface area contributed by atoms with Crippen molar-refractivity contribution in [1.29, 1.82) is 0 Å². The molecule has 2 N–H and O–H groups in total. The van der Waals surface area contributed by atoms with Gasteiger partial charge in [0.1, 0.15) is 5.82 Å².